The van der Waals surface area contributed by atoms with Crippen LogP contribution in [0.4, 0.5) is 0 Å². The summed E-state index contributed by atoms with van der Waals surface area (Å²) in [5, 5.41) is 1.78. The zero-order valence-corrected chi connectivity index (χ0v) is 12.9. The van der Waals surface area contributed by atoms with E-state index in [0.29, 0.717) is 0 Å². The Bertz CT molecular complexity index is 144. The van der Waals surface area contributed by atoms with Gasteiger partial charge in [-0.3, -0.25) is 0 Å². The van der Waals surface area contributed by atoms with Crippen molar-refractivity contribution in [1.82, 2.24) is 5.01 Å². The standard InChI is InChI=1S/C10H23N3.2C2H6/c1-3-5-7-10(9-11)13(12)8-6-4-2;2*1-2/h9H,3-8,11-12H2,1-2H3;2*1-2H3/b10-9-;;. The maximum absolute atomic E-state index is 5.84. The second-order valence-corrected chi connectivity index (χ2v) is 3.31. The quantitative estimate of drug-likeness (QED) is 0.526. The Morgan fingerprint density at radius 1 is 1.00 bits per heavy atom. The second kappa shape index (κ2) is 20.7. The number of nitrogens with two attached hydrogens (primary N) is 2. The van der Waals surface area contributed by atoms with E-state index < -0.39 is 0 Å². The van der Waals surface area contributed by atoms with Crippen LogP contribution in [-0.2, 0) is 0 Å². The van der Waals surface area contributed by atoms with E-state index in [4.69, 9.17) is 11.6 Å². The van der Waals surface area contributed by atoms with E-state index in [1.54, 1.807) is 11.2 Å². The molecule has 0 spiro atoms. The summed E-state index contributed by atoms with van der Waals surface area (Å²) in [4.78, 5) is 0. The van der Waals surface area contributed by atoms with Crippen LogP contribution < -0.4 is 11.6 Å². The van der Waals surface area contributed by atoms with E-state index in [-0.39, 0.29) is 0 Å². The van der Waals surface area contributed by atoms with Crippen LogP contribution in [0.2, 0.25) is 0 Å². The number of allylic oxidation sites excluding steroid dienone is 1. The first kappa shape index (κ1) is 21.6. The van der Waals surface area contributed by atoms with Crippen molar-refractivity contribution >= 4 is 0 Å². The first-order valence-electron chi connectivity index (χ1n) is 7.19. The van der Waals surface area contributed by atoms with Crippen molar-refractivity contribution in [3.8, 4) is 0 Å². The summed E-state index contributed by atoms with van der Waals surface area (Å²) in [6.07, 6.45) is 7.25. The molecular weight excluding hydrogens is 210 g/mol. The predicted octanol–water partition coefficient (Wildman–Crippen LogP) is 4.00. The minimum Gasteiger partial charge on any atom is -0.403 e. The Labute approximate surface area is 109 Å². The molecule has 0 amide bonds. The monoisotopic (exact) mass is 245 g/mol. The van der Waals surface area contributed by atoms with E-state index in [2.05, 4.69) is 13.8 Å². The molecule has 0 bridgehead atoms. The van der Waals surface area contributed by atoms with Gasteiger partial charge in [-0.2, -0.15) is 0 Å². The van der Waals surface area contributed by atoms with Gasteiger partial charge in [-0.25, -0.2) is 5.84 Å². The van der Waals surface area contributed by atoms with Crippen LogP contribution in [0, 0.1) is 0 Å². The molecule has 0 aromatic rings. The van der Waals surface area contributed by atoms with E-state index >= 15 is 0 Å². The molecule has 0 aliphatic rings. The van der Waals surface area contributed by atoms with E-state index in [1.807, 2.05) is 27.7 Å². The Morgan fingerprint density at radius 2 is 1.47 bits per heavy atom. The van der Waals surface area contributed by atoms with Gasteiger partial charge in [0, 0.05) is 18.4 Å². The topological polar surface area (TPSA) is 55.3 Å². The normalized spacial score (nSPS) is 9.71. The first-order chi connectivity index (χ1) is 8.26. The van der Waals surface area contributed by atoms with Crippen molar-refractivity contribution in [2.45, 2.75) is 73.6 Å². The molecule has 4 N–H and O–H groups in total. The highest BCUT2D eigenvalue weighted by Crippen LogP contribution is 2.09. The third-order valence-electron chi connectivity index (χ3n) is 2.10. The minimum atomic E-state index is 0.906. The third kappa shape index (κ3) is 15.3. The Balaban J connectivity index is -0.000000439. The summed E-state index contributed by atoms with van der Waals surface area (Å²) in [6, 6.07) is 0. The highest BCUT2D eigenvalue weighted by Gasteiger charge is 2.02. The highest BCUT2D eigenvalue weighted by molar-refractivity contribution is 4.96. The average Bonchev–Trinajstić information content (AvgIpc) is 2.41. The Hall–Kier alpha value is -0.700. The fraction of sp³-hybridized carbons (Fsp3) is 0.857. The number of hydrazine groups is 1. The molecule has 0 unspecified atom stereocenters. The van der Waals surface area contributed by atoms with Crippen molar-refractivity contribution in [2.75, 3.05) is 6.54 Å². The lowest BCUT2D eigenvalue weighted by molar-refractivity contribution is 0.335. The van der Waals surface area contributed by atoms with Gasteiger partial charge in [0.2, 0.25) is 0 Å². The molecule has 0 aliphatic carbocycles. The molecule has 17 heavy (non-hydrogen) atoms. The number of unbranched alkanes of at least 4 members (excludes halogenated alkanes) is 2. The maximum atomic E-state index is 5.84. The van der Waals surface area contributed by atoms with Crippen LogP contribution in [0.3, 0.4) is 0 Å². The number of hydrogen-bond donors (Lipinski definition) is 2. The van der Waals surface area contributed by atoms with Gasteiger partial charge in [0.25, 0.3) is 0 Å². The van der Waals surface area contributed by atoms with E-state index in [9.17, 15) is 0 Å². The smallest absolute Gasteiger partial charge is 0.0445 e. The maximum Gasteiger partial charge on any atom is 0.0445 e. The van der Waals surface area contributed by atoms with Crippen molar-refractivity contribution in [3.63, 3.8) is 0 Å². The molecular formula is C14H35N3. The minimum absolute atomic E-state index is 0.906. The Kier molecular flexibility index (Phi) is 26.2. The molecule has 0 fully saturated rings. The van der Waals surface area contributed by atoms with Gasteiger partial charge in [-0.1, -0.05) is 54.4 Å². The van der Waals surface area contributed by atoms with Gasteiger partial charge in [-0.15, -0.1) is 0 Å². The van der Waals surface area contributed by atoms with Crippen molar-refractivity contribution in [1.29, 1.82) is 0 Å². The summed E-state index contributed by atoms with van der Waals surface area (Å²) in [5.74, 6) is 5.84. The zero-order valence-electron chi connectivity index (χ0n) is 12.9. The van der Waals surface area contributed by atoms with Crippen LogP contribution in [0.15, 0.2) is 11.9 Å². The van der Waals surface area contributed by atoms with Crippen molar-refractivity contribution in [2.24, 2.45) is 11.6 Å². The fourth-order valence-corrected chi connectivity index (χ4v) is 1.15. The lowest BCUT2D eigenvalue weighted by Gasteiger charge is -2.21. The van der Waals surface area contributed by atoms with Gasteiger partial charge < -0.3 is 10.7 Å². The van der Waals surface area contributed by atoms with Crippen LogP contribution in [0.25, 0.3) is 0 Å². The van der Waals surface area contributed by atoms with E-state index in [0.717, 1.165) is 31.5 Å². The summed E-state index contributed by atoms with van der Waals surface area (Å²) >= 11 is 0. The fourth-order valence-electron chi connectivity index (χ4n) is 1.15. The third-order valence-corrected chi connectivity index (χ3v) is 2.10. The average molecular weight is 245 g/mol. The molecule has 0 rings (SSSR count). The highest BCUT2D eigenvalue weighted by atomic mass is 15.4. The van der Waals surface area contributed by atoms with E-state index in [1.165, 1.54) is 12.8 Å². The summed E-state index contributed by atoms with van der Waals surface area (Å²) in [5.41, 5.74) is 6.57. The molecule has 0 atom stereocenters. The first-order valence-corrected chi connectivity index (χ1v) is 7.19. The van der Waals surface area contributed by atoms with Gasteiger partial charge in [-0.05, 0) is 19.3 Å². The molecule has 0 heterocycles. The van der Waals surface area contributed by atoms with Gasteiger partial charge in [0.05, 0.1) is 0 Å². The molecule has 3 heteroatoms. The Morgan fingerprint density at radius 3 is 1.82 bits per heavy atom. The van der Waals surface area contributed by atoms with Crippen LogP contribution >= 0.6 is 0 Å². The molecule has 106 valence electrons. The number of hydrogen-bond acceptors (Lipinski definition) is 3. The molecule has 0 radical (unpaired) electrons. The summed E-state index contributed by atoms with van der Waals surface area (Å²) < 4.78 is 0. The lowest BCUT2D eigenvalue weighted by atomic mass is 10.2. The van der Waals surface area contributed by atoms with Crippen molar-refractivity contribution in [3.05, 3.63) is 11.9 Å². The summed E-state index contributed by atoms with van der Waals surface area (Å²) in [7, 11) is 0. The number of rotatable bonds is 7. The molecule has 3 nitrogen and oxygen atoms in total. The van der Waals surface area contributed by atoms with Gasteiger partial charge >= 0.3 is 0 Å². The van der Waals surface area contributed by atoms with Crippen LogP contribution in [0.5, 0.6) is 0 Å². The molecule has 0 aromatic heterocycles. The summed E-state index contributed by atoms with van der Waals surface area (Å²) in [6.45, 7) is 13.2. The molecule has 0 aromatic carbocycles. The molecule has 0 saturated carbocycles. The largest absolute Gasteiger partial charge is 0.403 e. The van der Waals surface area contributed by atoms with Crippen LogP contribution in [0.1, 0.15) is 73.6 Å². The lowest BCUT2D eigenvalue weighted by Crippen LogP contribution is -2.31. The van der Waals surface area contributed by atoms with Gasteiger partial charge in [0.1, 0.15) is 0 Å². The van der Waals surface area contributed by atoms with Crippen molar-refractivity contribution < 1.29 is 0 Å². The molecule has 0 aliphatic heterocycles. The predicted molar refractivity (Wildman–Crippen MR) is 80.3 cm³/mol. The second-order valence-electron chi connectivity index (χ2n) is 3.31. The van der Waals surface area contributed by atoms with Gasteiger partial charge in [0.15, 0.2) is 0 Å². The molecule has 0 saturated heterocycles. The zero-order chi connectivity index (χ0) is 14.1. The SMILES string of the molecule is CC.CC.CCCC/C(=C/N)N(N)CCCC. The number of nitrogens with zero attached hydrogens (tertiary/aromatic N) is 1. The van der Waals surface area contributed by atoms with Crippen LogP contribution in [-0.4, -0.2) is 11.6 Å².